The molecule has 158 valence electrons. The molecule has 0 radical (unpaired) electrons. The molecule has 0 saturated carbocycles. The Morgan fingerprint density at radius 1 is 1.31 bits per heavy atom. The number of hydrogen-bond acceptors (Lipinski definition) is 4. The molecule has 1 fully saturated rings. The third-order valence-corrected chi connectivity index (χ3v) is 6.96. The first-order chi connectivity index (χ1) is 13.7. The molecule has 8 nitrogen and oxygen atoms in total. The molecule has 1 aliphatic heterocycles. The zero-order valence-corrected chi connectivity index (χ0v) is 17.2. The lowest BCUT2D eigenvalue weighted by Crippen LogP contribution is -2.44. The molecule has 1 saturated heterocycles. The van der Waals surface area contributed by atoms with Crippen LogP contribution in [0.4, 0.5) is 9.18 Å². The average molecular weight is 424 g/mol. The average Bonchev–Trinajstić information content (AvgIpc) is 3.30. The third kappa shape index (κ3) is 4.43. The number of benzene rings is 1. The van der Waals surface area contributed by atoms with Crippen LogP contribution in [0.3, 0.4) is 0 Å². The molecule has 2 heterocycles. The van der Waals surface area contributed by atoms with E-state index in [0.717, 1.165) is 6.42 Å². The fourth-order valence-corrected chi connectivity index (χ4v) is 5.14. The molecule has 1 aliphatic rings. The van der Waals surface area contributed by atoms with Gasteiger partial charge in [-0.05, 0) is 24.1 Å². The van der Waals surface area contributed by atoms with Crippen molar-refractivity contribution in [2.24, 2.45) is 7.05 Å². The monoisotopic (exact) mass is 424 g/mol. The topological polar surface area (TPSA) is 95.7 Å². The number of sulfonamides is 1. The summed E-state index contributed by atoms with van der Waals surface area (Å²) in [6.07, 6.45) is 3.22. The number of carbonyl (C=O) groups is 1. The number of aromatic nitrogens is 2. The van der Waals surface area contributed by atoms with Gasteiger partial charge in [-0.25, -0.2) is 22.6 Å². The maximum Gasteiger partial charge on any atom is 0.407 e. The minimum absolute atomic E-state index is 0.0248. The highest BCUT2D eigenvalue weighted by molar-refractivity contribution is 7.89. The first-order valence-electron chi connectivity index (χ1n) is 9.47. The van der Waals surface area contributed by atoms with E-state index >= 15 is 0 Å². The third-order valence-electron chi connectivity index (χ3n) is 5.24. The van der Waals surface area contributed by atoms with Gasteiger partial charge in [0.15, 0.2) is 5.03 Å². The van der Waals surface area contributed by atoms with Crippen molar-refractivity contribution in [3.05, 3.63) is 48.2 Å². The van der Waals surface area contributed by atoms with E-state index in [2.05, 4.69) is 4.98 Å². The lowest BCUT2D eigenvalue weighted by molar-refractivity contribution is 0.122. The highest BCUT2D eigenvalue weighted by atomic mass is 32.2. The molecule has 2 atom stereocenters. The van der Waals surface area contributed by atoms with Crippen LogP contribution in [0.15, 0.2) is 41.8 Å². The molecule has 29 heavy (non-hydrogen) atoms. The van der Waals surface area contributed by atoms with Crippen molar-refractivity contribution in [1.82, 2.24) is 18.8 Å². The highest BCUT2D eigenvalue weighted by Crippen LogP contribution is 2.34. The largest absolute Gasteiger partial charge is 0.465 e. The van der Waals surface area contributed by atoms with Gasteiger partial charge in [0.05, 0.1) is 12.4 Å². The standard InChI is InChI=1S/C19H25FN4O4S/c1-3-4-9-24(19(25)26)17-11-23(29(27,28)18-12-22(2)13-21-18)10-16(17)14-5-7-15(20)8-6-14/h5-8,12-13,16-17H,3-4,9-11H2,1-2H3,(H,25,26). The van der Waals surface area contributed by atoms with Gasteiger partial charge in [0.2, 0.25) is 0 Å². The van der Waals surface area contributed by atoms with Crippen molar-refractivity contribution in [2.75, 3.05) is 19.6 Å². The number of carboxylic acid groups (broad SMARTS) is 1. The molecule has 0 spiro atoms. The number of aryl methyl sites for hydroxylation is 1. The number of rotatable bonds is 7. The van der Waals surface area contributed by atoms with Crippen molar-refractivity contribution in [1.29, 1.82) is 0 Å². The summed E-state index contributed by atoms with van der Waals surface area (Å²) in [5, 5.41) is 9.69. The maximum atomic E-state index is 13.4. The molecule has 1 aromatic heterocycles. The highest BCUT2D eigenvalue weighted by Gasteiger charge is 2.44. The van der Waals surface area contributed by atoms with Crippen molar-refractivity contribution in [2.45, 2.75) is 36.8 Å². The van der Waals surface area contributed by atoms with Gasteiger partial charge in [-0.15, -0.1) is 0 Å². The summed E-state index contributed by atoms with van der Waals surface area (Å²) < 4.78 is 42.3. The summed E-state index contributed by atoms with van der Waals surface area (Å²) in [7, 11) is -2.19. The van der Waals surface area contributed by atoms with E-state index in [0.29, 0.717) is 18.5 Å². The second-order valence-corrected chi connectivity index (χ2v) is 9.14. The van der Waals surface area contributed by atoms with Gasteiger partial charge < -0.3 is 14.6 Å². The quantitative estimate of drug-likeness (QED) is 0.737. The SMILES string of the molecule is CCCCN(C(=O)O)C1CN(S(=O)(=O)c2cn(C)cn2)CC1c1ccc(F)cc1. The normalized spacial score (nSPS) is 20.1. The van der Waals surface area contributed by atoms with Gasteiger partial charge in [-0.1, -0.05) is 25.5 Å². The molecule has 2 aromatic rings. The first kappa shape index (κ1) is 21.3. The Bertz CT molecular complexity index is 961. The Morgan fingerprint density at radius 2 is 2.00 bits per heavy atom. The van der Waals surface area contributed by atoms with Crippen LogP contribution >= 0.6 is 0 Å². The van der Waals surface area contributed by atoms with Crippen molar-refractivity contribution in [3.8, 4) is 0 Å². The summed E-state index contributed by atoms with van der Waals surface area (Å²) in [5.41, 5.74) is 0.706. The van der Waals surface area contributed by atoms with Crippen LogP contribution < -0.4 is 0 Å². The molecule has 10 heteroatoms. The molecule has 1 N–H and O–H groups in total. The van der Waals surface area contributed by atoms with Crippen LogP contribution in [0, 0.1) is 5.82 Å². The minimum atomic E-state index is -3.87. The Morgan fingerprint density at radius 3 is 2.55 bits per heavy atom. The summed E-state index contributed by atoms with van der Waals surface area (Å²) in [6.45, 7) is 2.40. The molecule has 1 aromatic carbocycles. The van der Waals surface area contributed by atoms with Gasteiger partial charge in [0, 0.05) is 38.8 Å². The molecule has 3 rings (SSSR count). The summed E-state index contributed by atoms with van der Waals surface area (Å²) >= 11 is 0. The zero-order valence-electron chi connectivity index (χ0n) is 16.4. The summed E-state index contributed by atoms with van der Waals surface area (Å²) in [4.78, 5) is 17.2. The predicted molar refractivity (Wildman–Crippen MR) is 105 cm³/mol. The number of halogens is 1. The molecule has 2 unspecified atom stereocenters. The molecule has 1 amide bonds. The number of hydrogen-bond donors (Lipinski definition) is 1. The van der Waals surface area contributed by atoms with E-state index in [1.165, 1.54) is 33.9 Å². The Hall–Kier alpha value is -2.46. The van der Waals surface area contributed by atoms with Crippen LogP contribution in [-0.4, -0.2) is 64.0 Å². The Balaban J connectivity index is 1.96. The van der Waals surface area contributed by atoms with Gasteiger partial charge in [-0.3, -0.25) is 0 Å². The zero-order chi connectivity index (χ0) is 21.2. The Kier molecular flexibility index (Phi) is 6.23. The van der Waals surface area contributed by atoms with E-state index in [-0.39, 0.29) is 18.1 Å². The van der Waals surface area contributed by atoms with Crippen molar-refractivity contribution >= 4 is 16.1 Å². The number of imidazole rings is 1. The van der Waals surface area contributed by atoms with Gasteiger partial charge in [0.25, 0.3) is 10.0 Å². The van der Waals surface area contributed by atoms with E-state index < -0.39 is 33.9 Å². The van der Waals surface area contributed by atoms with E-state index in [4.69, 9.17) is 0 Å². The minimum Gasteiger partial charge on any atom is -0.465 e. The molecular weight excluding hydrogens is 399 g/mol. The van der Waals surface area contributed by atoms with Crippen LogP contribution in [0.5, 0.6) is 0 Å². The van der Waals surface area contributed by atoms with E-state index in [9.17, 15) is 22.7 Å². The first-order valence-corrected chi connectivity index (χ1v) is 10.9. The predicted octanol–water partition coefficient (Wildman–Crippen LogP) is 2.50. The van der Waals surface area contributed by atoms with Crippen LogP contribution in [0.25, 0.3) is 0 Å². The van der Waals surface area contributed by atoms with E-state index in [1.807, 2.05) is 6.92 Å². The number of unbranched alkanes of at least 4 members (excludes halogenated alkanes) is 1. The van der Waals surface area contributed by atoms with E-state index in [1.54, 1.807) is 23.7 Å². The number of amides is 1. The molecule has 0 bridgehead atoms. The fraction of sp³-hybridized carbons (Fsp3) is 0.474. The van der Waals surface area contributed by atoms with Crippen molar-refractivity contribution < 1.29 is 22.7 Å². The van der Waals surface area contributed by atoms with Crippen LogP contribution in [0.1, 0.15) is 31.2 Å². The van der Waals surface area contributed by atoms with Crippen LogP contribution in [0.2, 0.25) is 0 Å². The van der Waals surface area contributed by atoms with Crippen LogP contribution in [-0.2, 0) is 17.1 Å². The van der Waals surface area contributed by atoms with Crippen molar-refractivity contribution in [3.63, 3.8) is 0 Å². The van der Waals surface area contributed by atoms with Gasteiger partial charge >= 0.3 is 6.09 Å². The smallest absolute Gasteiger partial charge is 0.407 e. The molecule has 0 aliphatic carbocycles. The van der Waals surface area contributed by atoms with Gasteiger partial charge in [-0.2, -0.15) is 4.31 Å². The lowest BCUT2D eigenvalue weighted by atomic mass is 9.93. The summed E-state index contributed by atoms with van der Waals surface area (Å²) in [5.74, 6) is -0.802. The Labute approximate surface area is 169 Å². The fourth-order valence-electron chi connectivity index (χ4n) is 3.69. The second kappa shape index (κ2) is 8.50. The lowest BCUT2D eigenvalue weighted by Gasteiger charge is -2.30. The second-order valence-electron chi connectivity index (χ2n) is 7.25. The number of nitrogens with zero attached hydrogens (tertiary/aromatic N) is 4. The maximum absolute atomic E-state index is 13.4. The van der Waals surface area contributed by atoms with Gasteiger partial charge in [0.1, 0.15) is 5.82 Å². The summed E-state index contributed by atoms with van der Waals surface area (Å²) in [6, 6.07) is 5.22. The molecular formula is C19H25FN4O4S.